The number of nitrogens with two attached hydrogens (primary N) is 1. The van der Waals surface area contributed by atoms with E-state index in [1.54, 1.807) is 0 Å². The number of aliphatic carboxylic acids is 1. The number of carboxylic acids is 1. The van der Waals surface area contributed by atoms with Gasteiger partial charge in [-0.2, -0.15) is 0 Å². The van der Waals surface area contributed by atoms with Crippen molar-refractivity contribution in [2.24, 2.45) is 5.73 Å². The number of aliphatic hydroxyl groups is 1. The minimum absolute atomic E-state index is 0.0298. The Morgan fingerprint density at radius 3 is 2.60 bits per heavy atom. The first-order chi connectivity index (χ1) is 7.11. The van der Waals surface area contributed by atoms with Gasteiger partial charge in [-0.05, 0) is 0 Å². The molecule has 0 fully saturated rings. The van der Waals surface area contributed by atoms with Gasteiger partial charge in [-0.15, -0.1) is 0 Å². The maximum Gasteiger partial charge on any atom is 0.326 e. The van der Waals surface area contributed by atoms with Crippen molar-refractivity contribution in [3.05, 3.63) is 0 Å². The van der Waals surface area contributed by atoms with Gasteiger partial charge in [0, 0.05) is 19.6 Å². The topological polar surface area (TPSA) is 122 Å². The summed E-state index contributed by atoms with van der Waals surface area (Å²) < 4.78 is 4.81. The summed E-state index contributed by atoms with van der Waals surface area (Å²) >= 11 is 0. The van der Waals surface area contributed by atoms with Crippen LogP contribution in [0.15, 0.2) is 0 Å². The molecule has 0 bridgehead atoms. The quantitative estimate of drug-likeness (QED) is 0.348. The number of ether oxygens (including phenoxy) is 1. The fourth-order valence-electron chi connectivity index (χ4n) is 0.871. The molecule has 0 aliphatic heterocycles. The number of rotatable bonds is 8. The predicted octanol–water partition coefficient (Wildman–Crippen LogP) is -2.09. The monoisotopic (exact) mass is 220 g/mol. The van der Waals surface area contributed by atoms with Gasteiger partial charge in [0.2, 0.25) is 5.91 Å². The fourth-order valence-corrected chi connectivity index (χ4v) is 0.871. The summed E-state index contributed by atoms with van der Waals surface area (Å²) in [6.45, 7) is 0.00471. The fraction of sp³-hybridized carbons (Fsp3) is 0.750. The van der Waals surface area contributed by atoms with E-state index in [4.69, 9.17) is 20.7 Å². The second-order valence-electron chi connectivity index (χ2n) is 2.81. The summed E-state index contributed by atoms with van der Waals surface area (Å²) in [4.78, 5) is 21.7. The van der Waals surface area contributed by atoms with Crippen molar-refractivity contribution in [2.75, 3.05) is 26.4 Å². The van der Waals surface area contributed by atoms with Crippen LogP contribution >= 0.6 is 0 Å². The highest BCUT2D eigenvalue weighted by atomic mass is 16.5. The van der Waals surface area contributed by atoms with Gasteiger partial charge in [0.25, 0.3) is 0 Å². The van der Waals surface area contributed by atoms with Crippen LogP contribution in [0.4, 0.5) is 0 Å². The van der Waals surface area contributed by atoms with E-state index in [1.165, 1.54) is 0 Å². The van der Waals surface area contributed by atoms with Crippen LogP contribution in [0.5, 0.6) is 0 Å². The summed E-state index contributed by atoms with van der Waals surface area (Å²) in [6.07, 6.45) is -0.0298. The number of nitrogens with one attached hydrogen (secondary N) is 1. The van der Waals surface area contributed by atoms with Gasteiger partial charge in [0.05, 0.1) is 6.61 Å². The smallest absolute Gasteiger partial charge is 0.326 e. The molecule has 0 unspecified atom stereocenters. The molecule has 15 heavy (non-hydrogen) atoms. The maximum absolute atomic E-state index is 11.1. The van der Waals surface area contributed by atoms with Crippen LogP contribution in [0.3, 0.4) is 0 Å². The Hall–Kier alpha value is -1.18. The van der Waals surface area contributed by atoms with Gasteiger partial charge in [0.15, 0.2) is 0 Å². The molecule has 7 heteroatoms. The zero-order valence-corrected chi connectivity index (χ0v) is 8.31. The highest BCUT2D eigenvalue weighted by Crippen LogP contribution is 1.91. The standard InChI is InChI=1S/C8H16N2O5/c9-2-4-15-5-7(12)10-6(1-3-11)8(13)14/h6,11H,1-5,9H2,(H,10,12)(H,13,14)/t6-/m0/s1. The van der Waals surface area contributed by atoms with Crippen LogP contribution in [-0.2, 0) is 14.3 Å². The van der Waals surface area contributed by atoms with Crippen molar-refractivity contribution in [2.45, 2.75) is 12.5 Å². The van der Waals surface area contributed by atoms with Gasteiger partial charge in [-0.3, -0.25) is 4.79 Å². The van der Waals surface area contributed by atoms with Crippen LogP contribution in [0.2, 0.25) is 0 Å². The number of aliphatic hydroxyl groups excluding tert-OH is 1. The van der Waals surface area contributed by atoms with Gasteiger partial charge in [-0.1, -0.05) is 0 Å². The molecule has 0 aromatic heterocycles. The van der Waals surface area contributed by atoms with E-state index in [0.29, 0.717) is 6.54 Å². The Kier molecular flexibility index (Phi) is 7.51. The number of amides is 1. The average Bonchev–Trinajstić information content (AvgIpc) is 2.17. The highest BCUT2D eigenvalue weighted by molar-refractivity contribution is 5.84. The SMILES string of the molecule is NCCOCC(=O)N[C@@H](CCO)C(=O)O. The Morgan fingerprint density at radius 1 is 1.47 bits per heavy atom. The highest BCUT2D eigenvalue weighted by Gasteiger charge is 2.18. The van der Waals surface area contributed by atoms with Crippen LogP contribution in [0.25, 0.3) is 0 Å². The lowest BCUT2D eigenvalue weighted by Gasteiger charge is -2.12. The molecule has 0 aromatic carbocycles. The van der Waals surface area contributed by atoms with Crippen LogP contribution in [0, 0.1) is 0 Å². The first-order valence-electron chi connectivity index (χ1n) is 4.52. The lowest BCUT2D eigenvalue weighted by molar-refractivity contribution is -0.143. The second-order valence-corrected chi connectivity index (χ2v) is 2.81. The van der Waals surface area contributed by atoms with E-state index < -0.39 is 17.9 Å². The van der Waals surface area contributed by atoms with Crippen LogP contribution in [-0.4, -0.2) is 54.5 Å². The Bertz CT molecular complexity index is 209. The lowest BCUT2D eigenvalue weighted by Crippen LogP contribution is -2.43. The Labute approximate surface area is 87.2 Å². The first kappa shape index (κ1) is 13.8. The molecule has 0 saturated carbocycles. The van der Waals surface area contributed by atoms with Crippen molar-refractivity contribution in [3.63, 3.8) is 0 Å². The summed E-state index contributed by atoms with van der Waals surface area (Å²) in [5.74, 6) is -1.72. The van der Waals surface area contributed by atoms with Gasteiger partial charge in [-0.25, -0.2) is 4.79 Å². The second kappa shape index (κ2) is 8.16. The van der Waals surface area contributed by atoms with E-state index in [9.17, 15) is 9.59 Å². The molecule has 0 aliphatic carbocycles. The molecular weight excluding hydrogens is 204 g/mol. The third-order valence-electron chi connectivity index (χ3n) is 1.55. The molecule has 0 aliphatic rings. The summed E-state index contributed by atoms with van der Waals surface area (Å²) in [6, 6.07) is -1.08. The number of hydrogen-bond donors (Lipinski definition) is 4. The van der Waals surface area contributed by atoms with E-state index >= 15 is 0 Å². The maximum atomic E-state index is 11.1. The molecule has 0 aromatic rings. The third kappa shape index (κ3) is 6.83. The van der Waals surface area contributed by atoms with E-state index in [-0.39, 0.29) is 26.2 Å². The summed E-state index contributed by atoms with van der Waals surface area (Å²) in [5.41, 5.74) is 5.13. The molecule has 5 N–H and O–H groups in total. The number of carboxylic acid groups (broad SMARTS) is 1. The minimum atomic E-state index is -1.18. The molecule has 7 nitrogen and oxygen atoms in total. The molecular formula is C8H16N2O5. The van der Waals surface area contributed by atoms with Gasteiger partial charge >= 0.3 is 5.97 Å². The van der Waals surface area contributed by atoms with Crippen molar-refractivity contribution < 1.29 is 24.5 Å². The lowest BCUT2D eigenvalue weighted by atomic mass is 10.2. The Balaban J connectivity index is 3.84. The third-order valence-corrected chi connectivity index (χ3v) is 1.55. The van der Waals surface area contributed by atoms with Crippen molar-refractivity contribution >= 4 is 11.9 Å². The molecule has 88 valence electrons. The molecule has 0 radical (unpaired) electrons. The molecule has 0 rings (SSSR count). The number of hydrogen-bond acceptors (Lipinski definition) is 5. The number of carbonyl (C=O) groups is 2. The van der Waals surface area contributed by atoms with Crippen LogP contribution in [0.1, 0.15) is 6.42 Å². The Morgan fingerprint density at radius 2 is 2.13 bits per heavy atom. The first-order valence-corrected chi connectivity index (χ1v) is 4.52. The van der Waals surface area contributed by atoms with Crippen molar-refractivity contribution in [1.82, 2.24) is 5.32 Å². The number of carbonyl (C=O) groups excluding carboxylic acids is 1. The molecule has 1 atom stereocenters. The van der Waals surface area contributed by atoms with E-state index in [0.717, 1.165) is 0 Å². The van der Waals surface area contributed by atoms with Crippen molar-refractivity contribution in [1.29, 1.82) is 0 Å². The zero-order valence-electron chi connectivity index (χ0n) is 8.31. The average molecular weight is 220 g/mol. The van der Waals surface area contributed by atoms with E-state index in [1.807, 2.05) is 0 Å². The molecule has 1 amide bonds. The normalized spacial score (nSPS) is 12.1. The van der Waals surface area contributed by atoms with Crippen molar-refractivity contribution in [3.8, 4) is 0 Å². The van der Waals surface area contributed by atoms with Gasteiger partial charge in [0.1, 0.15) is 12.6 Å². The summed E-state index contributed by atoms with van der Waals surface area (Å²) in [7, 11) is 0. The molecule has 0 saturated heterocycles. The molecule has 0 heterocycles. The largest absolute Gasteiger partial charge is 0.480 e. The minimum Gasteiger partial charge on any atom is -0.480 e. The van der Waals surface area contributed by atoms with Crippen LogP contribution < -0.4 is 11.1 Å². The predicted molar refractivity (Wildman–Crippen MR) is 51.1 cm³/mol. The summed E-state index contributed by atoms with van der Waals surface area (Å²) in [5, 5.41) is 19.4. The van der Waals surface area contributed by atoms with Gasteiger partial charge < -0.3 is 26.0 Å². The zero-order chi connectivity index (χ0) is 11.7. The van der Waals surface area contributed by atoms with E-state index in [2.05, 4.69) is 5.32 Å². The molecule has 0 spiro atoms.